The van der Waals surface area contributed by atoms with E-state index in [0.29, 0.717) is 13.0 Å². The fourth-order valence-corrected chi connectivity index (χ4v) is 4.95. The number of aryl methyl sites for hydroxylation is 1. The fourth-order valence-electron chi connectivity index (χ4n) is 4.23. The zero-order valence-electron chi connectivity index (χ0n) is 16.2. The molecule has 1 atom stereocenters. The van der Waals surface area contributed by atoms with Gasteiger partial charge in [-0.15, -0.1) is 11.3 Å². The van der Waals surface area contributed by atoms with Crippen LogP contribution in [0.15, 0.2) is 35.8 Å². The molecule has 6 rings (SSSR count). The summed E-state index contributed by atoms with van der Waals surface area (Å²) in [4.78, 5) is 20.5. The minimum Gasteiger partial charge on any atom is -0.491 e. The van der Waals surface area contributed by atoms with Crippen LogP contribution in [0, 0.1) is 12.0 Å². The molecule has 3 heterocycles. The van der Waals surface area contributed by atoms with Crippen molar-refractivity contribution in [1.82, 2.24) is 14.5 Å². The Bertz CT molecular complexity index is 1290. The van der Waals surface area contributed by atoms with Crippen molar-refractivity contribution in [3.05, 3.63) is 41.9 Å². The van der Waals surface area contributed by atoms with E-state index >= 15 is 0 Å². The molecule has 1 aliphatic carbocycles. The molecule has 1 amide bonds. The van der Waals surface area contributed by atoms with E-state index in [2.05, 4.69) is 39.1 Å². The van der Waals surface area contributed by atoms with Gasteiger partial charge in [-0.3, -0.25) is 4.79 Å². The molecule has 1 saturated carbocycles. The van der Waals surface area contributed by atoms with Crippen molar-refractivity contribution in [2.45, 2.75) is 25.8 Å². The van der Waals surface area contributed by atoms with Crippen molar-refractivity contribution in [1.29, 1.82) is 0 Å². The lowest BCUT2D eigenvalue weighted by molar-refractivity contribution is -0.118. The van der Waals surface area contributed by atoms with Crippen LogP contribution in [0.2, 0.25) is 0 Å². The monoisotopic (exact) mass is 418 g/mol. The number of imidazole rings is 1. The number of aromatic nitrogens is 3. The standard InChI is InChI=1S/C22H20N5O2S/c23-20(28)8-13-6-16(13)25-14-9-17-21-18(10-14)29-5-1-4-27(21)22(26-17)12-2-3-15-19(7-12)30-11-24-15/h2-3,7,9-11,13,25H,1,4-6,8H2,(H2,23,28)/t13-/m0/s1. The molecular weight excluding hydrogens is 398 g/mol. The van der Waals surface area contributed by atoms with Gasteiger partial charge in [-0.2, -0.15) is 0 Å². The average molecular weight is 419 g/mol. The predicted octanol–water partition coefficient (Wildman–Crippen LogP) is 3.93. The van der Waals surface area contributed by atoms with Crippen LogP contribution in [-0.4, -0.2) is 27.0 Å². The molecule has 2 aliphatic rings. The maximum Gasteiger partial charge on any atom is 0.217 e. The number of ether oxygens (including phenoxy) is 1. The van der Waals surface area contributed by atoms with Gasteiger partial charge in [0.05, 0.1) is 33.9 Å². The molecule has 2 aromatic heterocycles. The summed E-state index contributed by atoms with van der Waals surface area (Å²) in [6.07, 6.45) is 2.20. The highest BCUT2D eigenvalue weighted by Crippen LogP contribution is 2.45. The zero-order chi connectivity index (χ0) is 20.2. The highest BCUT2D eigenvalue weighted by Gasteiger charge is 2.39. The lowest BCUT2D eigenvalue weighted by Gasteiger charge is -2.10. The maximum absolute atomic E-state index is 11.2. The lowest BCUT2D eigenvalue weighted by Crippen LogP contribution is -2.12. The first kappa shape index (κ1) is 17.7. The van der Waals surface area contributed by atoms with E-state index < -0.39 is 0 Å². The van der Waals surface area contributed by atoms with Crippen molar-refractivity contribution in [2.75, 3.05) is 11.9 Å². The van der Waals surface area contributed by atoms with Gasteiger partial charge in [-0.1, -0.05) is 0 Å². The lowest BCUT2D eigenvalue weighted by atomic mass is 10.2. The summed E-state index contributed by atoms with van der Waals surface area (Å²) in [5.74, 6) is 1.77. The van der Waals surface area contributed by atoms with Crippen molar-refractivity contribution >= 4 is 44.2 Å². The van der Waals surface area contributed by atoms with Gasteiger partial charge in [0.1, 0.15) is 17.1 Å². The first-order valence-electron chi connectivity index (χ1n) is 10.1. The Hall–Kier alpha value is -3.13. The molecule has 0 spiro atoms. The summed E-state index contributed by atoms with van der Waals surface area (Å²) in [5.41, 5.74) is 12.2. The molecule has 1 radical (unpaired) electrons. The van der Waals surface area contributed by atoms with E-state index in [1.54, 1.807) is 11.3 Å². The van der Waals surface area contributed by atoms with Crippen LogP contribution in [0.25, 0.3) is 32.6 Å². The van der Waals surface area contributed by atoms with Crippen molar-refractivity contribution in [2.24, 2.45) is 11.7 Å². The molecule has 1 aliphatic heterocycles. The van der Waals surface area contributed by atoms with Gasteiger partial charge in [0, 0.05) is 30.3 Å². The molecule has 7 nitrogen and oxygen atoms in total. The average Bonchev–Trinajstić information content (AvgIpc) is 3.16. The second kappa shape index (κ2) is 6.70. The number of primary amides is 1. The van der Waals surface area contributed by atoms with Gasteiger partial charge in [0.15, 0.2) is 0 Å². The topological polar surface area (TPSA) is 95.1 Å². The number of hydrogen-bond acceptors (Lipinski definition) is 6. The van der Waals surface area contributed by atoms with E-state index in [1.165, 1.54) is 0 Å². The summed E-state index contributed by atoms with van der Waals surface area (Å²) in [6, 6.07) is 11.5. The number of carbonyl (C=O) groups is 1. The molecular formula is C22H20N5O2S. The number of nitrogens with one attached hydrogen (secondary N) is 1. The molecule has 1 fully saturated rings. The van der Waals surface area contributed by atoms with Crippen molar-refractivity contribution < 1.29 is 9.53 Å². The van der Waals surface area contributed by atoms with Gasteiger partial charge < -0.3 is 20.4 Å². The molecule has 30 heavy (non-hydrogen) atoms. The third-order valence-electron chi connectivity index (χ3n) is 5.73. The molecule has 0 unspecified atom stereocenters. The van der Waals surface area contributed by atoms with Crippen molar-refractivity contribution in [3.63, 3.8) is 0 Å². The summed E-state index contributed by atoms with van der Waals surface area (Å²) in [7, 11) is 0. The van der Waals surface area contributed by atoms with E-state index in [1.807, 2.05) is 11.6 Å². The highest BCUT2D eigenvalue weighted by atomic mass is 32.1. The third kappa shape index (κ3) is 2.99. The first-order chi connectivity index (χ1) is 14.7. The number of amides is 1. The summed E-state index contributed by atoms with van der Waals surface area (Å²) < 4.78 is 9.49. The zero-order valence-corrected chi connectivity index (χ0v) is 17.0. The second-order valence-corrected chi connectivity index (χ2v) is 8.77. The quantitative estimate of drug-likeness (QED) is 0.512. The van der Waals surface area contributed by atoms with Gasteiger partial charge in [0.25, 0.3) is 0 Å². The Labute approximate surface area is 176 Å². The number of rotatable bonds is 5. The molecule has 151 valence electrons. The minimum atomic E-state index is -0.261. The number of carbonyl (C=O) groups excluding carboxylic acids is 1. The molecule has 4 aromatic rings. The maximum atomic E-state index is 11.2. The fraction of sp³-hybridized carbons (Fsp3) is 0.273. The van der Waals surface area contributed by atoms with Gasteiger partial charge in [-0.05, 0) is 43.0 Å². The number of nitrogens with two attached hydrogens (primary N) is 1. The molecule has 0 saturated heterocycles. The van der Waals surface area contributed by atoms with Crippen LogP contribution in [0.4, 0.5) is 5.69 Å². The summed E-state index contributed by atoms with van der Waals surface area (Å²) in [5, 5.41) is 3.44. The Kier molecular flexibility index (Phi) is 3.95. The molecule has 3 N–H and O–H groups in total. The van der Waals surface area contributed by atoms with E-state index in [-0.39, 0.29) is 11.8 Å². The normalized spacial score (nSPS) is 18.3. The summed E-state index contributed by atoms with van der Waals surface area (Å²) >= 11 is 1.64. The Morgan fingerprint density at radius 1 is 1.30 bits per heavy atom. The van der Waals surface area contributed by atoms with E-state index in [9.17, 15) is 4.79 Å². The Balaban J connectivity index is 1.41. The van der Waals surface area contributed by atoms with Crippen LogP contribution in [-0.2, 0) is 11.3 Å². The third-order valence-corrected chi connectivity index (χ3v) is 6.52. The Morgan fingerprint density at radius 2 is 2.23 bits per heavy atom. The minimum absolute atomic E-state index is 0.234. The largest absolute Gasteiger partial charge is 0.491 e. The number of hydrogen-bond donors (Lipinski definition) is 2. The van der Waals surface area contributed by atoms with Gasteiger partial charge in [0.2, 0.25) is 5.91 Å². The number of nitrogens with zero attached hydrogens (tertiary/aromatic N) is 3. The second-order valence-electron chi connectivity index (χ2n) is 7.89. The number of anilines is 1. The van der Waals surface area contributed by atoms with Gasteiger partial charge in [-0.25, -0.2) is 9.97 Å². The van der Waals surface area contributed by atoms with Crippen LogP contribution in [0.3, 0.4) is 0 Å². The SMILES string of the molecule is NC(=O)C[C@@H]1C[C]1Nc1cc2c3c(c1)nc(-c1ccc4ncsc4c1)n3CCCO2. The molecule has 8 heteroatoms. The Morgan fingerprint density at radius 3 is 3.13 bits per heavy atom. The van der Waals surface area contributed by atoms with Crippen molar-refractivity contribution in [3.8, 4) is 17.1 Å². The number of benzene rings is 2. The van der Waals surface area contributed by atoms with Crippen LogP contribution >= 0.6 is 11.3 Å². The smallest absolute Gasteiger partial charge is 0.217 e. The van der Waals surface area contributed by atoms with Crippen LogP contribution in [0.1, 0.15) is 19.3 Å². The predicted molar refractivity (Wildman–Crippen MR) is 117 cm³/mol. The molecule has 0 bridgehead atoms. The van der Waals surface area contributed by atoms with Crippen LogP contribution in [0.5, 0.6) is 5.75 Å². The highest BCUT2D eigenvalue weighted by molar-refractivity contribution is 7.16. The first-order valence-corrected chi connectivity index (χ1v) is 11.0. The molecule has 2 aromatic carbocycles. The number of thiazole rings is 1. The van der Waals surface area contributed by atoms with Crippen LogP contribution < -0.4 is 15.8 Å². The van der Waals surface area contributed by atoms with Gasteiger partial charge >= 0.3 is 0 Å². The van der Waals surface area contributed by atoms with E-state index in [4.69, 9.17) is 15.5 Å². The summed E-state index contributed by atoms with van der Waals surface area (Å²) in [6.45, 7) is 1.54. The van der Waals surface area contributed by atoms with E-state index in [0.717, 1.165) is 69.5 Å². The number of fused-ring (bicyclic) bond motifs is 1.